The molecule has 0 bridgehead atoms. The molecule has 0 aromatic rings. The molecule has 16 heteroatoms. The fraction of sp³-hybridized carbons (Fsp3) is 1.00. The highest BCUT2D eigenvalue weighted by molar-refractivity contribution is 4.74. The standard InChI is InChI=1S/C34H74N4O12/c1-5-9-17-45-23-33(49-29-43)21-35(12-16-38(26-40)22-34(50-30-44)24-46-18-10-6-2)11-13-36(25-39)14-15-37(19-31(7-3)47-27-41)20-32(8-4)48-28-42/h31-34,39-44H,5-30H2,1-4H3. The van der Waals surface area contributed by atoms with Crippen LogP contribution in [0.2, 0.25) is 0 Å². The van der Waals surface area contributed by atoms with Crippen molar-refractivity contribution in [1.29, 1.82) is 0 Å². The topological polar surface area (TPSA) is 190 Å². The van der Waals surface area contributed by atoms with E-state index in [2.05, 4.69) is 23.6 Å². The van der Waals surface area contributed by atoms with Crippen molar-refractivity contribution in [3.63, 3.8) is 0 Å². The summed E-state index contributed by atoms with van der Waals surface area (Å²) in [6.07, 6.45) is 4.18. The number of rotatable bonds is 39. The molecule has 0 rings (SSSR count). The Morgan fingerprint density at radius 1 is 0.420 bits per heavy atom. The van der Waals surface area contributed by atoms with Gasteiger partial charge in [0.15, 0.2) is 0 Å². The fourth-order valence-corrected chi connectivity index (χ4v) is 5.28. The average molecular weight is 731 g/mol. The summed E-state index contributed by atoms with van der Waals surface area (Å²) in [5, 5.41) is 58.2. The highest BCUT2D eigenvalue weighted by Crippen LogP contribution is 2.09. The number of nitrogens with zero attached hydrogens (tertiary/aromatic N) is 4. The molecule has 0 aliphatic rings. The van der Waals surface area contributed by atoms with E-state index in [4.69, 9.17) is 28.4 Å². The molecule has 6 N–H and O–H groups in total. The van der Waals surface area contributed by atoms with Crippen molar-refractivity contribution in [3.8, 4) is 0 Å². The fourth-order valence-electron chi connectivity index (χ4n) is 5.28. The van der Waals surface area contributed by atoms with E-state index in [9.17, 15) is 30.6 Å². The van der Waals surface area contributed by atoms with Crippen molar-refractivity contribution >= 4 is 0 Å². The van der Waals surface area contributed by atoms with Crippen molar-refractivity contribution in [2.75, 3.05) is 133 Å². The summed E-state index contributed by atoms with van der Waals surface area (Å²) in [5.74, 6) is 0. The van der Waals surface area contributed by atoms with Gasteiger partial charge < -0.3 is 59.1 Å². The summed E-state index contributed by atoms with van der Waals surface area (Å²) < 4.78 is 33.6. The molecule has 16 nitrogen and oxygen atoms in total. The van der Waals surface area contributed by atoms with Crippen LogP contribution in [0.3, 0.4) is 0 Å². The van der Waals surface area contributed by atoms with Crippen LogP contribution in [-0.4, -0.2) is 207 Å². The Kier molecular flexibility index (Phi) is 34.9. The van der Waals surface area contributed by atoms with E-state index in [1.165, 1.54) is 0 Å². The van der Waals surface area contributed by atoms with Gasteiger partial charge in [-0.1, -0.05) is 40.5 Å². The van der Waals surface area contributed by atoms with Crippen LogP contribution in [0.4, 0.5) is 0 Å². The number of hydrogen-bond acceptors (Lipinski definition) is 16. The first kappa shape index (κ1) is 49.4. The van der Waals surface area contributed by atoms with Gasteiger partial charge in [0.1, 0.15) is 27.2 Å². The number of hydrogen-bond donors (Lipinski definition) is 6. The summed E-state index contributed by atoms with van der Waals surface area (Å²) in [7, 11) is 0. The lowest BCUT2D eigenvalue weighted by Crippen LogP contribution is -2.47. The molecule has 0 aromatic heterocycles. The minimum atomic E-state index is -0.444. The summed E-state index contributed by atoms with van der Waals surface area (Å²) >= 11 is 0. The molecule has 0 spiro atoms. The number of aliphatic hydroxyl groups is 6. The summed E-state index contributed by atoms with van der Waals surface area (Å²) in [4.78, 5) is 8.10. The lowest BCUT2D eigenvalue weighted by molar-refractivity contribution is -0.100. The van der Waals surface area contributed by atoms with E-state index in [-0.39, 0.29) is 45.4 Å². The van der Waals surface area contributed by atoms with Crippen LogP contribution in [0.25, 0.3) is 0 Å². The maximum atomic E-state index is 10.3. The van der Waals surface area contributed by atoms with E-state index in [1.807, 2.05) is 23.6 Å². The number of ether oxygens (including phenoxy) is 6. The third-order valence-electron chi connectivity index (χ3n) is 8.49. The summed E-state index contributed by atoms with van der Waals surface area (Å²) in [6.45, 7) is 13.2. The van der Waals surface area contributed by atoms with Gasteiger partial charge in [0, 0.05) is 78.7 Å². The SMILES string of the molecule is CCCCOCC(CN(CO)CCN(CCN(CO)CCN(CC(CC)OCO)CC(CC)OCO)CC(COCCCC)OCO)OCO. The van der Waals surface area contributed by atoms with Gasteiger partial charge in [-0.25, -0.2) is 0 Å². The molecule has 0 saturated carbocycles. The molecule has 0 aliphatic carbocycles. The Morgan fingerprint density at radius 3 is 1.14 bits per heavy atom. The van der Waals surface area contributed by atoms with E-state index in [0.717, 1.165) is 38.5 Å². The second-order valence-electron chi connectivity index (χ2n) is 12.4. The van der Waals surface area contributed by atoms with Crippen LogP contribution >= 0.6 is 0 Å². The van der Waals surface area contributed by atoms with Crippen LogP contribution in [0, 0.1) is 0 Å². The minimum absolute atomic E-state index is 0.159. The zero-order valence-corrected chi connectivity index (χ0v) is 31.6. The Bertz CT molecular complexity index is 693. The third kappa shape index (κ3) is 26.2. The smallest absolute Gasteiger partial charge is 0.144 e. The molecule has 0 heterocycles. The lowest BCUT2D eigenvalue weighted by atomic mass is 10.2. The van der Waals surface area contributed by atoms with E-state index >= 15 is 0 Å². The van der Waals surface area contributed by atoms with Gasteiger partial charge in [0.25, 0.3) is 0 Å². The van der Waals surface area contributed by atoms with Crippen LogP contribution < -0.4 is 0 Å². The van der Waals surface area contributed by atoms with Crippen molar-refractivity contribution in [3.05, 3.63) is 0 Å². The van der Waals surface area contributed by atoms with Crippen molar-refractivity contribution in [1.82, 2.24) is 19.6 Å². The van der Waals surface area contributed by atoms with Gasteiger partial charge in [-0.05, 0) is 25.7 Å². The molecule has 0 radical (unpaired) electrons. The molecule has 50 heavy (non-hydrogen) atoms. The van der Waals surface area contributed by atoms with Crippen LogP contribution in [0.15, 0.2) is 0 Å². The van der Waals surface area contributed by atoms with Gasteiger partial charge in [-0.2, -0.15) is 0 Å². The minimum Gasteiger partial charge on any atom is -0.381 e. The molecule has 0 saturated heterocycles. The zero-order valence-electron chi connectivity index (χ0n) is 31.6. The van der Waals surface area contributed by atoms with E-state index in [1.54, 1.807) is 0 Å². The first-order chi connectivity index (χ1) is 24.4. The van der Waals surface area contributed by atoms with Crippen molar-refractivity contribution in [2.24, 2.45) is 0 Å². The molecule has 4 atom stereocenters. The second kappa shape index (κ2) is 35.4. The highest BCUT2D eigenvalue weighted by Gasteiger charge is 2.22. The maximum absolute atomic E-state index is 10.3. The van der Waals surface area contributed by atoms with Gasteiger partial charge in [0.2, 0.25) is 0 Å². The number of unbranched alkanes of at least 4 members (excludes halogenated alkanes) is 2. The molecule has 0 aromatic carbocycles. The quantitative estimate of drug-likeness (QED) is 0.0363. The molecule has 0 fully saturated rings. The molecule has 0 aliphatic heterocycles. The number of aliphatic hydroxyl groups excluding tert-OH is 6. The van der Waals surface area contributed by atoms with Crippen LogP contribution in [-0.2, 0) is 28.4 Å². The molecule has 302 valence electrons. The Balaban J connectivity index is 5.65. The molecular formula is C34H74N4O12. The molecule has 4 unspecified atom stereocenters. The van der Waals surface area contributed by atoms with Gasteiger partial charge in [0.05, 0.1) is 51.1 Å². The van der Waals surface area contributed by atoms with Crippen molar-refractivity contribution < 1.29 is 59.1 Å². The Labute approximate surface area is 301 Å². The first-order valence-electron chi connectivity index (χ1n) is 18.5. The summed E-state index contributed by atoms with van der Waals surface area (Å²) in [5.41, 5.74) is 0. The zero-order chi connectivity index (χ0) is 37.2. The van der Waals surface area contributed by atoms with Crippen LogP contribution in [0.5, 0.6) is 0 Å². The van der Waals surface area contributed by atoms with Crippen molar-refractivity contribution in [2.45, 2.75) is 90.6 Å². The second-order valence-corrected chi connectivity index (χ2v) is 12.4. The van der Waals surface area contributed by atoms with Gasteiger partial charge in [-0.15, -0.1) is 0 Å². The van der Waals surface area contributed by atoms with Gasteiger partial charge >= 0.3 is 0 Å². The van der Waals surface area contributed by atoms with Crippen LogP contribution in [0.1, 0.15) is 66.2 Å². The maximum Gasteiger partial charge on any atom is 0.144 e. The van der Waals surface area contributed by atoms with E-state index in [0.29, 0.717) is 91.9 Å². The molecular weight excluding hydrogens is 656 g/mol. The first-order valence-corrected chi connectivity index (χ1v) is 18.5. The monoisotopic (exact) mass is 731 g/mol. The van der Waals surface area contributed by atoms with Gasteiger partial charge in [-0.3, -0.25) is 19.6 Å². The summed E-state index contributed by atoms with van der Waals surface area (Å²) in [6, 6.07) is 0. The normalized spacial score (nSPS) is 14.8. The Hall–Kier alpha value is -0.640. The predicted molar refractivity (Wildman–Crippen MR) is 190 cm³/mol. The Morgan fingerprint density at radius 2 is 0.760 bits per heavy atom. The lowest BCUT2D eigenvalue weighted by Gasteiger charge is -2.33. The van der Waals surface area contributed by atoms with E-state index < -0.39 is 19.7 Å². The highest BCUT2D eigenvalue weighted by atomic mass is 16.6. The average Bonchev–Trinajstić information content (AvgIpc) is 3.12. The largest absolute Gasteiger partial charge is 0.381 e. The third-order valence-corrected chi connectivity index (χ3v) is 8.49. The molecule has 0 amide bonds. The predicted octanol–water partition coefficient (Wildman–Crippen LogP) is -0.113.